The van der Waals surface area contributed by atoms with Crippen LogP contribution in [0.15, 0.2) is 36.5 Å². The summed E-state index contributed by atoms with van der Waals surface area (Å²) in [7, 11) is 6.91. The van der Waals surface area contributed by atoms with E-state index in [1.807, 2.05) is 25.2 Å². The molecule has 1 aromatic heterocycles. The molecule has 5 rings (SSSR count). The van der Waals surface area contributed by atoms with Gasteiger partial charge >= 0.3 is 0 Å². The lowest BCUT2D eigenvalue weighted by atomic mass is 9.99. The number of fused-ring (bicyclic) bond motifs is 6. The fourth-order valence-electron chi connectivity index (χ4n) is 4.08. The fourth-order valence-corrected chi connectivity index (χ4v) is 4.08. The van der Waals surface area contributed by atoms with Gasteiger partial charge in [0.15, 0.2) is 29.2 Å². The predicted molar refractivity (Wildman–Crippen MR) is 106 cm³/mol. The van der Waals surface area contributed by atoms with Crippen LogP contribution in [0.25, 0.3) is 32.4 Å². The summed E-state index contributed by atoms with van der Waals surface area (Å²) < 4.78 is 30.0. The summed E-state index contributed by atoms with van der Waals surface area (Å²) >= 11 is 0. The van der Waals surface area contributed by atoms with Crippen LogP contribution >= 0.6 is 0 Å². The smallest absolute Gasteiger partial charge is 0.231 e. The second kappa shape index (κ2) is 6.05. The summed E-state index contributed by atoms with van der Waals surface area (Å²) in [6.07, 6.45) is 2.06. The lowest BCUT2D eigenvalue weighted by molar-refractivity contribution is -0.642. The van der Waals surface area contributed by atoms with Crippen molar-refractivity contribution in [2.75, 3.05) is 28.1 Å². The molecule has 0 spiro atoms. The molecule has 3 aromatic carbocycles. The van der Waals surface area contributed by atoms with E-state index in [1.165, 1.54) is 0 Å². The molecule has 1 aliphatic heterocycles. The lowest BCUT2D eigenvalue weighted by Gasteiger charge is -2.15. The second-order valence-electron chi connectivity index (χ2n) is 6.73. The van der Waals surface area contributed by atoms with Crippen molar-refractivity contribution in [3.05, 3.63) is 36.5 Å². The Morgan fingerprint density at radius 3 is 2.25 bits per heavy atom. The first kappa shape index (κ1) is 16.7. The Hall–Kier alpha value is -3.41. The molecule has 0 saturated heterocycles. The molecule has 0 radical (unpaired) electrons. The maximum absolute atomic E-state index is 5.69. The number of aryl methyl sites for hydroxylation is 1. The quantitative estimate of drug-likeness (QED) is 0.402. The van der Waals surface area contributed by atoms with Crippen molar-refractivity contribution in [3.63, 3.8) is 0 Å². The summed E-state index contributed by atoms with van der Waals surface area (Å²) in [5, 5.41) is 5.27. The summed E-state index contributed by atoms with van der Waals surface area (Å²) in [6.45, 7) is 0.257. The Morgan fingerprint density at radius 2 is 1.54 bits per heavy atom. The Morgan fingerprint density at radius 1 is 0.786 bits per heavy atom. The van der Waals surface area contributed by atoms with Crippen LogP contribution in [0.4, 0.5) is 0 Å². The normalized spacial score (nSPS) is 12.7. The zero-order valence-corrected chi connectivity index (χ0v) is 16.2. The van der Waals surface area contributed by atoms with Crippen LogP contribution < -0.4 is 28.3 Å². The maximum Gasteiger partial charge on any atom is 0.231 e. The highest BCUT2D eigenvalue weighted by atomic mass is 16.7. The molecule has 0 N–H and O–H groups in total. The monoisotopic (exact) mass is 378 g/mol. The van der Waals surface area contributed by atoms with Crippen molar-refractivity contribution in [2.45, 2.75) is 0 Å². The second-order valence-corrected chi connectivity index (χ2v) is 6.73. The molecule has 6 nitrogen and oxygen atoms in total. The van der Waals surface area contributed by atoms with E-state index in [-0.39, 0.29) is 6.79 Å². The van der Waals surface area contributed by atoms with Gasteiger partial charge in [-0.15, -0.1) is 0 Å². The molecule has 4 aromatic rings. The summed E-state index contributed by atoms with van der Waals surface area (Å²) in [4.78, 5) is 0. The van der Waals surface area contributed by atoms with Gasteiger partial charge in [0.05, 0.1) is 37.5 Å². The highest BCUT2D eigenvalue weighted by molar-refractivity contribution is 6.15. The van der Waals surface area contributed by atoms with Crippen LogP contribution in [0.2, 0.25) is 0 Å². The molecule has 0 aliphatic carbocycles. The first-order valence-electron chi connectivity index (χ1n) is 8.93. The van der Waals surface area contributed by atoms with Crippen LogP contribution in [0.3, 0.4) is 0 Å². The van der Waals surface area contributed by atoms with Gasteiger partial charge in [0.25, 0.3) is 0 Å². The topological polar surface area (TPSA) is 50.0 Å². The number of aromatic nitrogens is 1. The Labute approximate surface area is 161 Å². The van der Waals surface area contributed by atoms with Gasteiger partial charge in [0.1, 0.15) is 7.05 Å². The maximum atomic E-state index is 5.69. The molecule has 1 aliphatic rings. The standard InChI is InChI=1S/C22H20NO5/c1-23-10-16-15(9-19(24-2)22(26-4)21(16)25-3)13-6-5-12-7-17-18(28-11-27-17)8-14(12)20(13)23/h5-10H,11H2,1-4H3/q+1. The third-order valence-corrected chi connectivity index (χ3v) is 5.32. The summed E-state index contributed by atoms with van der Waals surface area (Å²) in [5.41, 5.74) is 1.09. The van der Waals surface area contributed by atoms with Crippen molar-refractivity contribution in [1.82, 2.24) is 0 Å². The van der Waals surface area contributed by atoms with Crippen LogP contribution in [0.5, 0.6) is 28.7 Å². The fraction of sp³-hybridized carbons (Fsp3) is 0.227. The Bertz CT molecular complexity index is 1270. The average Bonchev–Trinajstić information content (AvgIpc) is 3.17. The number of rotatable bonds is 3. The van der Waals surface area contributed by atoms with Crippen LogP contribution in [-0.4, -0.2) is 28.1 Å². The number of pyridine rings is 1. The van der Waals surface area contributed by atoms with Gasteiger partial charge in [0.2, 0.25) is 18.1 Å². The SMILES string of the molecule is COc1cc2c(c[n+](C)c3c4cc5c(cc4ccc23)OCO5)c(OC)c1OC. The van der Waals surface area contributed by atoms with Gasteiger partial charge in [-0.3, -0.25) is 0 Å². The molecule has 0 bridgehead atoms. The van der Waals surface area contributed by atoms with E-state index in [0.29, 0.717) is 17.2 Å². The van der Waals surface area contributed by atoms with E-state index in [0.717, 1.165) is 43.9 Å². The zero-order chi connectivity index (χ0) is 19.4. The third-order valence-electron chi connectivity index (χ3n) is 5.32. The molecule has 0 unspecified atom stereocenters. The van der Waals surface area contributed by atoms with Gasteiger partial charge in [-0.2, -0.15) is 4.57 Å². The van der Waals surface area contributed by atoms with E-state index < -0.39 is 0 Å². The average molecular weight is 378 g/mol. The third kappa shape index (κ3) is 2.17. The van der Waals surface area contributed by atoms with Crippen LogP contribution in [-0.2, 0) is 7.05 Å². The Kier molecular flexibility index (Phi) is 3.62. The van der Waals surface area contributed by atoms with Gasteiger partial charge in [-0.1, -0.05) is 6.07 Å². The van der Waals surface area contributed by atoms with E-state index in [1.54, 1.807) is 21.3 Å². The highest BCUT2D eigenvalue weighted by Gasteiger charge is 2.24. The Balaban J connectivity index is 1.96. The number of ether oxygens (including phenoxy) is 5. The number of hydrogen-bond donors (Lipinski definition) is 0. The van der Waals surface area contributed by atoms with E-state index in [9.17, 15) is 0 Å². The molecule has 0 saturated carbocycles. The van der Waals surface area contributed by atoms with E-state index >= 15 is 0 Å². The lowest BCUT2D eigenvalue weighted by Crippen LogP contribution is -2.28. The van der Waals surface area contributed by atoms with E-state index in [4.69, 9.17) is 23.7 Å². The van der Waals surface area contributed by atoms with Gasteiger partial charge in [-0.25, -0.2) is 0 Å². The number of hydrogen-bond acceptors (Lipinski definition) is 5. The number of methoxy groups -OCH3 is 3. The molecular formula is C22H20NO5+. The number of nitrogens with zero attached hydrogens (tertiary/aromatic N) is 1. The first-order chi connectivity index (χ1) is 13.7. The zero-order valence-electron chi connectivity index (χ0n) is 16.2. The molecule has 28 heavy (non-hydrogen) atoms. The molecular weight excluding hydrogens is 358 g/mol. The molecule has 2 heterocycles. The van der Waals surface area contributed by atoms with Crippen molar-refractivity contribution in [2.24, 2.45) is 7.05 Å². The van der Waals surface area contributed by atoms with Gasteiger partial charge < -0.3 is 23.7 Å². The minimum Gasteiger partial charge on any atom is -0.493 e. The predicted octanol–water partition coefficient (Wildman–Crippen LogP) is 3.73. The summed E-state index contributed by atoms with van der Waals surface area (Å²) in [5.74, 6) is 3.42. The highest BCUT2D eigenvalue weighted by Crippen LogP contribution is 2.45. The van der Waals surface area contributed by atoms with Crippen molar-refractivity contribution in [3.8, 4) is 28.7 Å². The van der Waals surface area contributed by atoms with Crippen LogP contribution in [0.1, 0.15) is 0 Å². The summed E-state index contributed by atoms with van der Waals surface area (Å²) in [6, 6.07) is 10.3. The largest absolute Gasteiger partial charge is 0.493 e. The minimum atomic E-state index is 0.257. The molecule has 0 atom stereocenters. The van der Waals surface area contributed by atoms with Crippen molar-refractivity contribution in [1.29, 1.82) is 0 Å². The molecule has 0 amide bonds. The molecule has 6 heteroatoms. The van der Waals surface area contributed by atoms with Crippen molar-refractivity contribution < 1.29 is 28.3 Å². The van der Waals surface area contributed by atoms with Gasteiger partial charge in [-0.05, 0) is 29.7 Å². The van der Waals surface area contributed by atoms with Crippen molar-refractivity contribution >= 4 is 32.4 Å². The molecule has 0 fully saturated rings. The van der Waals surface area contributed by atoms with Gasteiger partial charge in [0, 0.05) is 5.39 Å². The molecule has 142 valence electrons. The first-order valence-corrected chi connectivity index (χ1v) is 8.93. The minimum absolute atomic E-state index is 0.257. The van der Waals surface area contributed by atoms with E-state index in [2.05, 4.69) is 22.9 Å². The van der Waals surface area contributed by atoms with Crippen LogP contribution in [0, 0.1) is 0 Å². The number of benzene rings is 3.